The minimum Gasteiger partial charge on any atom is -0.480 e. The molecule has 0 aromatic rings. The van der Waals surface area contributed by atoms with E-state index in [1.54, 1.807) is 7.11 Å². The van der Waals surface area contributed by atoms with Crippen molar-refractivity contribution in [2.75, 3.05) is 13.7 Å². The molecule has 4 heteroatoms. The summed E-state index contributed by atoms with van der Waals surface area (Å²) in [7, 11) is 1.61. The predicted octanol–water partition coefficient (Wildman–Crippen LogP) is 0.864. The van der Waals surface area contributed by atoms with Gasteiger partial charge in [-0.05, 0) is 20.3 Å². The predicted molar refractivity (Wildman–Crippen MR) is 50.8 cm³/mol. The van der Waals surface area contributed by atoms with Crippen molar-refractivity contribution in [3.63, 3.8) is 0 Å². The van der Waals surface area contributed by atoms with Crippen LogP contribution in [-0.2, 0) is 9.53 Å². The Labute approximate surface area is 79.3 Å². The highest BCUT2D eigenvalue weighted by Gasteiger charge is 2.20. The molecule has 0 aliphatic carbocycles. The average molecular weight is 189 g/mol. The summed E-state index contributed by atoms with van der Waals surface area (Å²) in [6.07, 6.45) is 0.578. The summed E-state index contributed by atoms with van der Waals surface area (Å²) in [5, 5.41) is 11.7. The molecule has 2 N–H and O–H groups in total. The zero-order chi connectivity index (χ0) is 10.5. The van der Waals surface area contributed by atoms with E-state index >= 15 is 0 Å². The Morgan fingerprint density at radius 1 is 1.62 bits per heavy atom. The molecule has 0 radical (unpaired) electrons. The first kappa shape index (κ1) is 12.4. The van der Waals surface area contributed by atoms with Crippen LogP contribution < -0.4 is 5.32 Å². The quantitative estimate of drug-likeness (QED) is 0.650. The third kappa shape index (κ3) is 4.85. The van der Waals surface area contributed by atoms with E-state index in [2.05, 4.69) is 5.32 Å². The van der Waals surface area contributed by atoms with Crippen molar-refractivity contribution >= 4 is 5.97 Å². The lowest BCUT2D eigenvalue weighted by molar-refractivity contribution is -0.139. The number of ether oxygens (including phenoxy) is 1. The van der Waals surface area contributed by atoms with Crippen LogP contribution in [0.25, 0.3) is 0 Å². The highest BCUT2D eigenvalue weighted by molar-refractivity contribution is 5.73. The number of aliphatic carboxylic acids is 1. The van der Waals surface area contributed by atoms with Gasteiger partial charge >= 0.3 is 5.97 Å². The van der Waals surface area contributed by atoms with Crippen LogP contribution in [0.1, 0.15) is 27.2 Å². The Hall–Kier alpha value is -0.610. The molecule has 0 saturated carbocycles. The van der Waals surface area contributed by atoms with Crippen molar-refractivity contribution in [2.45, 2.75) is 38.8 Å². The maximum Gasteiger partial charge on any atom is 0.320 e. The Balaban J connectivity index is 3.92. The van der Waals surface area contributed by atoms with Gasteiger partial charge in [-0.2, -0.15) is 0 Å². The first-order valence-corrected chi connectivity index (χ1v) is 4.44. The second-order valence-electron chi connectivity index (χ2n) is 3.64. The van der Waals surface area contributed by atoms with Crippen molar-refractivity contribution < 1.29 is 14.6 Å². The van der Waals surface area contributed by atoms with E-state index in [9.17, 15) is 4.79 Å². The van der Waals surface area contributed by atoms with Crippen LogP contribution in [0.2, 0.25) is 0 Å². The van der Waals surface area contributed by atoms with Crippen molar-refractivity contribution in [1.82, 2.24) is 5.32 Å². The SMILES string of the molecule is CCC(NCC(C)(C)OC)C(=O)O. The standard InChI is InChI=1S/C9H19NO3/c1-5-7(8(11)12)10-6-9(2,3)13-4/h7,10H,5-6H2,1-4H3,(H,11,12). The van der Waals surface area contributed by atoms with E-state index in [1.165, 1.54) is 0 Å². The van der Waals surface area contributed by atoms with Gasteiger partial charge in [0.2, 0.25) is 0 Å². The first-order chi connectivity index (χ1) is 5.93. The van der Waals surface area contributed by atoms with Gasteiger partial charge in [-0.1, -0.05) is 6.92 Å². The molecule has 0 aliphatic rings. The molecule has 78 valence electrons. The molecule has 0 amide bonds. The lowest BCUT2D eigenvalue weighted by Gasteiger charge is -2.25. The average Bonchev–Trinajstić information content (AvgIpc) is 2.05. The van der Waals surface area contributed by atoms with Crippen LogP contribution in [-0.4, -0.2) is 36.4 Å². The van der Waals surface area contributed by atoms with E-state index in [4.69, 9.17) is 9.84 Å². The van der Waals surface area contributed by atoms with Gasteiger partial charge in [0.1, 0.15) is 6.04 Å². The van der Waals surface area contributed by atoms with Crippen molar-refractivity contribution in [3.8, 4) is 0 Å². The summed E-state index contributed by atoms with van der Waals surface area (Å²) in [6.45, 7) is 6.20. The third-order valence-electron chi connectivity index (χ3n) is 2.03. The number of rotatable bonds is 6. The zero-order valence-corrected chi connectivity index (χ0v) is 8.76. The van der Waals surface area contributed by atoms with Crippen LogP contribution in [0.4, 0.5) is 0 Å². The lowest BCUT2D eigenvalue weighted by Crippen LogP contribution is -2.44. The first-order valence-electron chi connectivity index (χ1n) is 4.44. The van der Waals surface area contributed by atoms with Gasteiger partial charge in [-0.25, -0.2) is 0 Å². The molecule has 0 fully saturated rings. The molecule has 0 spiro atoms. The molecular formula is C9H19NO3. The summed E-state index contributed by atoms with van der Waals surface area (Å²) in [4.78, 5) is 10.6. The van der Waals surface area contributed by atoms with E-state index in [1.807, 2.05) is 20.8 Å². The Kier molecular flexibility index (Phi) is 4.95. The number of carboxylic acids is 1. The third-order valence-corrected chi connectivity index (χ3v) is 2.03. The molecule has 0 saturated heterocycles. The van der Waals surface area contributed by atoms with Crippen LogP contribution in [0, 0.1) is 0 Å². The molecule has 0 heterocycles. The molecule has 0 rings (SSSR count). The second kappa shape index (κ2) is 5.19. The van der Waals surface area contributed by atoms with Gasteiger partial charge in [0.15, 0.2) is 0 Å². The Bertz CT molecular complexity index is 168. The Morgan fingerprint density at radius 2 is 2.15 bits per heavy atom. The summed E-state index contributed by atoms with van der Waals surface area (Å²) in [6, 6.07) is -0.477. The Morgan fingerprint density at radius 3 is 2.46 bits per heavy atom. The van der Waals surface area contributed by atoms with E-state index in [-0.39, 0.29) is 5.60 Å². The van der Waals surface area contributed by atoms with Gasteiger partial charge in [0.25, 0.3) is 0 Å². The van der Waals surface area contributed by atoms with Crippen molar-refractivity contribution in [3.05, 3.63) is 0 Å². The summed E-state index contributed by atoms with van der Waals surface area (Å²) in [5.41, 5.74) is -0.317. The maximum atomic E-state index is 10.6. The van der Waals surface area contributed by atoms with Crippen molar-refractivity contribution in [1.29, 1.82) is 0 Å². The molecular weight excluding hydrogens is 170 g/mol. The van der Waals surface area contributed by atoms with Gasteiger partial charge < -0.3 is 15.2 Å². The minimum absolute atomic E-state index is 0.317. The van der Waals surface area contributed by atoms with Gasteiger partial charge in [-0.3, -0.25) is 4.79 Å². The van der Waals surface area contributed by atoms with Crippen molar-refractivity contribution in [2.24, 2.45) is 0 Å². The fraction of sp³-hybridized carbons (Fsp3) is 0.889. The van der Waals surface area contributed by atoms with Crippen LogP contribution >= 0.6 is 0 Å². The molecule has 0 aromatic carbocycles. The number of carboxylic acid groups (broad SMARTS) is 1. The topological polar surface area (TPSA) is 58.6 Å². The largest absolute Gasteiger partial charge is 0.480 e. The number of carbonyl (C=O) groups is 1. The van der Waals surface area contributed by atoms with Crippen LogP contribution in [0.5, 0.6) is 0 Å². The summed E-state index contributed by atoms with van der Waals surface area (Å²) >= 11 is 0. The fourth-order valence-electron chi connectivity index (χ4n) is 0.847. The lowest BCUT2D eigenvalue weighted by atomic mass is 10.1. The number of nitrogens with one attached hydrogen (secondary N) is 1. The molecule has 0 bridgehead atoms. The zero-order valence-electron chi connectivity index (χ0n) is 8.76. The summed E-state index contributed by atoms with van der Waals surface area (Å²) < 4.78 is 5.16. The minimum atomic E-state index is -0.811. The molecule has 4 nitrogen and oxygen atoms in total. The molecule has 1 unspecified atom stereocenters. The van der Waals surface area contributed by atoms with Crippen LogP contribution in [0.15, 0.2) is 0 Å². The fourth-order valence-corrected chi connectivity index (χ4v) is 0.847. The van der Waals surface area contributed by atoms with E-state index in [0.717, 1.165) is 0 Å². The normalized spacial score (nSPS) is 14.2. The highest BCUT2D eigenvalue weighted by Crippen LogP contribution is 2.05. The molecule has 0 aliphatic heterocycles. The number of hydrogen-bond donors (Lipinski definition) is 2. The monoisotopic (exact) mass is 189 g/mol. The van der Waals surface area contributed by atoms with Crippen LogP contribution in [0.3, 0.4) is 0 Å². The number of methoxy groups -OCH3 is 1. The number of hydrogen-bond acceptors (Lipinski definition) is 3. The maximum absolute atomic E-state index is 10.6. The smallest absolute Gasteiger partial charge is 0.320 e. The molecule has 0 aromatic heterocycles. The summed E-state index contributed by atoms with van der Waals surface area (Å²) in [5.74, 6) is -0.811. The molecule has 1 atom stereocenters. The van der Waals surface area contributed by atoms with Gasteiger partial charge in [0, 0.05) is 13.7 Å². The van der Waals surface area contributed by atoms with Gasteiger partial charge in [0.05, 0.1) is 5.60 Å². The highest BCUT2D eigenvalue weighted by atomic mass is 16.5. The van der Waals surface area contributed by atoms with E-state index < -0.39 is 12.0 Å². The van der Waals surface area contributed by atoms with Gasteiger partial charge in [-0.15, -0.1) is 0 Å². The second-order valence-corrected chi connectivity index (χ2v) is 3.64. The molecule has 13 heavy (non-hydrogen) atoms. The van der Waals surface area contributed by atoms with E-state index in [0.29, 0.717) is 13.0 Å².